The topological polar surface area (TPSA) is 71.4 Å². The van der Waals surface area contributed by atoms with Crippen LogP contribution in [0.25, 0.3) is 11.3 Å². The van der Waals surface area contributed by atoms with Crippen molar-refractivity contribution in [2.24, 2.45) is 7.05 Å². The molecule has 1 saturated heterocycles. The van der Waals surface area contributed by atoms with Crippen LogP contribution < -0.4 is 15.4 Å². The van der Waals surface area contributed by atoms with Crippen LogP contribution in [0.4, 0.5) is 25.0 Å². The highest BCUT2D eigenvalue weighted by Gasteiger charge is 2.21. The number of nitrogens with one attached hydrogen (secondary N) is 2. The van der Waals surface area contributed by atoms with Crippen molar-refractivity contribution < 1.29 is 18.3 Å². The minimum atomic E-state index is -0.849. The van der Waals surface area contributed by atoms with Crippen LogP contribution in [0.5, 0.6) is 5.75 Å². The van der Waals surface area contributed by atoms with Gasteiger partial charge >= 0.3 is 6.03 Å². The Kier molecular flexibility index (Phi) is 6.36. The summed E-state index contributed by atoms with van der Waals surface area (Å²) in [4.78, 5) is 14.7. The Bertz CT molecular complexity index is 1110. The molecule has 2 amide bonds. The summed E-state index contributed by atoms with van der Waals surface area (Å²) >= 11 is 0. The van der Waals surface area contributed by atoms with Gasteiger partial charge in [0.25, 0.3) is 0 Å². The van der Waals surface area contributed by atoms with Gasteiger partial charge in [0.05, 0.1) is 11.4 Å². The first-order valence-corrected chi connectivity index (χ1v) is 10.4. The number of carbonyl (C=O) groups excluding carboxylic acids is 1. The lowest BCUT2D eigenvalue weighted by molar-refractivity contribution is 0.115. The number of carbonyl (C=O) groups is 1. The first-order chi connectivity index (χ1) is 15.4. The second-order valence-corrected chi connectivity index (χ2v) is 7.87. The van der Waals surface area contributed by atoms with Crippen LogP contribution in [-0.2, 0) is 7.05 Å². The van der Waals surface area contributed by atoms with Gasteiger partial charge in [-0.15, -0.1) is 0 Å². The van der Waals surface area contributed by atoms with Crippen molar-refractivity contribution in [3.8, 4) is 17.0 Å². The highest BCUT2D eigenvalue weighted by atomic mass is 19.1. The van der Waals surface area contributed by atoms with E-state index in [2.05, 4.69) is 27.7 Å². The van der Waals surface area contributed by atoms with E-state index in [-0.39, 0.29) is 11.8 Å². The van der Waals surface area contributed by atoms with E-state index < -0.39 is 17.7 Å². The average Bonchev–Trinajstić information content (AvgIpc) is 3.18. The number of ether oxygens (including phenoxy) is 1. The molecule has 1 aromatic heterocycles. The average molecular weight is 441 g/mol. The number of amides is 2. The van der Waals surface area contributed by atoms with Crippen LogP contribution >= 0.6 is 0 Å². The summed E-state index contributed by atoms with van der Waals surface area (Å²) in [7, 11) is 3.93. The summed E-state index contributed by atoms with van der Waals surface area (Å²) in [5.41, 5.74) is 2.01. The highest BCUT2D eigenvalue weighted by Crippen LogP contribution is 2.34. The van der Waals surface area contributed by atoms with E-state index in [4.69, 9.17) is 4.74 Å². The first-order valence-electron chi connectivity index (χ1n) is 10.4. The molecule has 0 bridgehead atoms. The molecule has 0 saturated carbocycles. The second-order valence-electron chi connectivity index (χ2n) is 7.87. The molecule has 0 unspecified atom stereocenters. The molecule has 168 valence electrons. The van der Waals surface area contributed by atoms with Gasteiger partial charge in [0.15, 0.2) is 0 Å². The van der Waals surface area contributed by atoms with Crippen LogP contribution in [0.2, 0.25) is 0 Å². The fourth-order valence-electron chi connectivity index (χ4n) is 3.71. The standard InChI is InChI=1S/C23H25F2N5O2/c1-29-11-8-17(9-12-29)32-22-6-4-16(14-18(22)21-7-10-26-30(21)2)27-23(31)28-20-5-3-15(24)13-19(20)25/h3-7,10,13-14,17H,8-9,11-12H2,1-2H3,(H2,27,28,31). The van der Waals surface area contributed by atoms with Crippen molar-refractivity contribution in [3.05, 3.63) is 60.3 Å². The zero-order valence-corrected chi connectivity index (χ0v) is 17.9. The minimum Gasteiger partial charge on any atom is -0.490 e. The third-order valence-corrected chi connectivity index (χ3v) is 5.47. The molecule has 1 aliphatic heterocycles. The number of likely N-dealkylation sites (tertiary alicyclic amines) is 1. The van der Waals surface area contributed by atoms with Gasteiger partial charge in [0.1, 0.15) is 23.5 Å². The lowest BCUT2D eigenvalue weighted by Gasteiger charge is -2.30. The van der Waals surface area contributed by atoms with Crippen LogP contribution in [0.1, 0.15) is 12.8 Å². The minimum absolute atomic E-state index is 0.113. The lowest BCUT2D eigenvalue weighted by atomic mass is 10.1. The second kappa shape index (κ2) is 9.35. The Morgan fingerprint density at radius 2 is 1.84 bits per heavy atom. The molecule has 9 heteroatoms. The zero-order valence-electron chi connectivity index (χ0n) is 17.9. The molecular formula is C23H25F2N5O2. The van der Waals surface area contributed by atoms with Gasteiger partial charge in [-0.25, -0.2) is 13.6 Å². The van der Waals surface area contributed by atoms with Gasteiger partial charge in [-0.1, -0.05) is 0 Å². The molecule has 32 heavy (non-hydrogen) atoms. The number of benzene rings is 2. The SMILES string of the molecule is CN1CCC(Oc2ccc(NC(=O)Nc3ccc(F)cc3F)cc2-c2ccnn2C)CC1. The van der Waals surface area contributed by atoms with Crippen molar-refractivity contribution in [1.29, 1.82) is 0 Å². The predicted molar refractivity (Wildman–Crippen MR) is 119 cm³/mol. The number of nitrogens with zero attached hydrogens (tertiary/aromatic N) is 3. The van der Waals surface area contributed by atoms with E-state index in [9.17, 15) is 13.6 Å². The third kappa shape index (κ3) is 5.05. The molecule has 1 aliphatic rings. The fraction of sp³-hybridized carbons (Fsp3) is 0.304. The van der Waals surface area contributed by atoms with Gasteiger partial charge in [-0.3, -0.25) is 4.68 Å². The van der Waals surface area contributed by atoms with Crippen LogP contribution in [0.15, 0.2) is 48.7 Å². The van der Waals surface area contributed by atoms with E-state index in [1.54, 1.807) is 23.0 Å². The Labute approximate surface area is 185 Å². The van der Waals surface area contributed by atoms with E-state index >= 15 is 0 Å². The van der Waals surface area contributed by atoms with Gasteiger partial charge in [-0.05, 0) is 56.3 Å². The summed E-state index contributed by atoms with van der Waals surface area (Å²) in [5.74, 6) is -0.856. The maximum atomic E-state index is 13.8. The van der Waals surface area contributed by atoms with Gasteiger partial charge in [-0.2, -0.15) is 5.10 Å². The van der Waals surface area contributed by atoms with Gasteiger partial charge in [0.2, 0.25) is 0 Å². The number of halogens is 2. The molecule has 0 radical (unpaired) electrons. The van der Waals surface area contributed by atoms with Crippen molar-refractivity contribution in [1.82, 2.24) is 14.7 Å². The van der Waals surface area contributed by atoms with Crippen LogP contribution in [0.3, 0.4) is 0 Å². The van der Waals surface area contributed by atoms with E-state index in [0.717, 1.165) is 43.3 Å². The molecule has 3 aromatic rings. The summed E-state index contributed by atoms with van der Waals surface area (Å²) < 4.78 is 35.0. The number of aromatic nitrogens is 2. The highest BCUT2D eigenvalue weighted by molar-refractivity contribution is 6.00. The van der Waals surface area contributed by atoms with E-state index in [1.165, 1.54) is 6.07 Å². The summed E-state index contributed by atoms with van der Waals surface area (Å²) in [6, 6.07) is 9.52. The Morgan fingerprint density at radius 1 is 1.06 bits per heavy atom. The molecule has 2 N–H and O–H groups in total. The van der Waals surface area contributed by atoms with Crippen molar-refractivity contribution in [2.75, 3.05) is 30.8 Å². The quantitative estimate of drug-likeness (QED) is 0.612. The molecule has 0 aliphatic carbocycles. The molecular weight excluding hydrogens is 416 g/mol. The molecule has 7 nitrogen and oxygen atoms in total. The summed E-state index contributed by atoms with van der Waals surface area (Å²) in [6.45, 7) is 1.96. The molecule has 2 heterocycles. The Hall–Kier alpha value is -3.46. The number of urea groups is 1. The van der Waals surface area contributed by atoms with Gasteiger partial charge in [0, 0.05) is 43.7 Å². The normalized spacial score (nSPS) is 14.9. The number of rotatable bonds is 5. The lowest BCUT2D eigenvalue weighted by Crippen LogP contribution is -2.35. The van der Waals surface area contributed by atoms with Crippen molar-refractivity contribution in [3.63, 3.8) is 0 Å². The monoisotopic (exact) mass is 441 g/mol. The number of piperidine rings is 1. The largest absolute Gasteiger partial charge is 0.490 e. The smallest absolute Gasteiger partial charge is 0.323 e. The van der Waals surface area contributed by atoms with E-state index in [0.29, 0.717) is 17.5 Å². The number of hydrogen-bond acceptors (Lipinski definition) is 4. The Balaban J connectivity index is 1.54. The van der Waals surface area contributed by atoms with Crippen molar-refractivity contribution >= 4 is 17.4 Å². The molecule has 0 atom stereocenters. The first kappa shape index (κ1) is 21.8. The number of aryl methyl sites for hydroxylation is 1. The maximum Gasteiger partial charge on any atom is 0.323 e. The number of hydrogen-bond donors (Lipinski definition) is 2. The summed E-state index contributed by atoms with van der Waals surface area (Å²) in [5, 5.41) is 9.32. The van der Waals surface area contributed by atoms with Crippen molar-refractivity contribution in [2.45, 2.75) is 18.9 Å². The Morgan fingerprint density at radius 3 is 2.53 bits per heavy atom. The zero-order chi connectivity index (χ0) is 22.7. The molecule has 4 rings (SSSR count). The third-order valence-electron chi connectivity index (χ3n) is 5.47. The fourth-order valence-corrected chi connectivity index (χ4v) is 3.71. The molecule has 2 aromatic carbocycles. The summed E-state index contributed by atoms with van der Waals surface area (Å²) in [6.07, 6.45) is 3.68. The molecule has 1 fully saturated rings. The van der Waals surface area contributed by atoms with Gasteiger partial charge < -0.3 is 20.3 Å². The number of anilines is 2. The van der Waals surface area contributed by atoms with Crippen LogP contribution in [0, 0.1) is 11.6 Å². The predicted octanol–water partition coefficient (Wildman–Crippen LogP) is 4.48. The van der Waals surface area contributed by atoms with E-state index in [1.807, 2.05) is 19.2 Å². The maximum absolute atomic E-state index is 13.8. The molecule has 0 spiro atoms. The van der Waals surface area contributed by atoms with Crippen LogP contribution in [-0.4, -0.2) is 47.0 Å².